The lowest BCUT2D eigenvalue weighted by Crippen LogP contribution is -2.46. The van der Waals surface area contributed by atoms with E-state index in [1.165, 1.54) is 0 Å². The Kier molecular flexibility index (Phi) is 5.31. The Labute approximate surface area is 119 Å². The number of rotatable bonds is 5. The molecule has 1 aliphatic heterocycles. The van der Waals surface area contributed by atoms with Gasteiger partial charge in [0.1, 0.15) is 5.82 Å². The van der Waals surface area contributed by atoms with E-state index in [2.05, 4.69) is 20.5 Å². The van der Waals surface area contributed by atoms with Gasteiger partial charge in [0.05, 0.1) is 18.8 Å². The Bertz CT molecular complexity index is 429. The zero-order valence-corrected chi connectivity index (χ0v) is 12.1. The van der Waals surface area contributed by atoms with E-state index in [0.29, 0.717) is 5.56 Å². The minimum absolute atomic E-state index is 0.0825. The normalized spacial score (nSPS) is 17.5. The molecule has 0 radical (unpaired) electrons. The molecule has 0 aromatic carbocycles. The van der Waals surface area contributed by atoms with Crippen LogP contribution in [0.1, 0.15) is 17.3 Å². The molecule has 1 aromatic rings. The molecule has 1 atom stereocenters. The van der Waals surface area contributed by atoms with Gasteiger partial charge in [-0.1, -0.05) is 0 Å². The highest BCUT2D eigenvalue weighted by Gasteiger charge is 2.16. The summed E-state index contributed by atoms with van der Waals surface area (Å²) in [4.78, 5) is 18.5. The number of aromatic nitrogens is 1. The van der Waals surface area contributed by atoms with Crippen LogP contribution < -0.4 is 10.6 Å². The van der Waals surface area contributed by atoms with E-state index in [1.807, 2.05) is 6.92 Å². The fourth-order valence-electron chi connectivity index (χ4n) is 2.20. The van der Waals surface area contributed by atoms with E-state index in [9.17, 15) is 4.79 Å². The van der Waals surface area contributed by atoms with Crippen LogP contribution in [0, 0.1) is 0 Å². The van der Waals surface area contributed by atoms with Crippen molar-refractivity contribution in [3.8, 4) is 0 Å². The molecular formula is C14H22N4O2. The highest BCUT2D eigenvalue weighted by molar-refractivity contribution is 5.94. The molecule has 1 saturated heterocycles. The average molecular weight is 278 g/mol. The summed E-state index contributed by atoms with van der Waals surface area (Å²) in [5.41, 5.74) is 0.581. The summed E-state index contributed by atoms with van der Waals surface area (Å²) >= 11 is 0. The number of nitrogens with one attached hydrogen (secondary N) is 2. The summed E-state index contributed by atoms with van der Waals surface area (Å²) in [7, 11) is 1.80. The van der Waals surface area contributed by atoms with Gasteiger partial charge < -0.3 is 15.4 Å². The fourth-order valence-corrected chi connectivity index (χ4v) is 2.20. The number of carbonyl (C=O) groups excluding carboxylic acids is 1. The summed E-state index contributed by atoms with van der Waals surface area (Å²) < 4.78 is 5.31. The number of morpholine rings is 1. The van der Waals surface area contributed by atoms with Gasteiger partial charge in [-0.15, -0.1) is 0 Å². The van der Waals surface area contributed by atoms with Crippen molar-refractivity contribution in [2.45, 2.75) is 13.0 Å². The quantitative estimate of drug-likeness (QED) is 0.824. The van der Waals surface area contributed by atoms with E-state index < -0.39 is 0 Å². The molecule has 110 valence electrons. The van der Waals surface area contributed by atoms with Gasteiger partial charge in [-0.3, -0.25) is 9.69 Å². The summed E-state index contributed by atoms with van der Waals surface area (Å²) in [6.07, 6.45) is 1.59. The van der Waals surface area contributed by atoms with Crippen LogP contribution in [0.25, 0.3) is 0 Å². The molecule has 0 bridgehead atoms. The third-order valence-electron chi connectivity index (χ3n) is 3.30. The minimum Gasteiger partial charge on any atom is -0.379 e. The van der Waals surface area contributed by atoms with Crippen molar-refractivity contribution in [2.24, 2.45) is 0 Å². The van der Waals surface area contributed by atoms with Crippen molar-refractivity contribution in [3.63, 3.8) is 0 Å². The summed E-state index contributed by atoms with van der Waals surface area (Å²) in [5.74, 6) is 0.670. The van der Waals surface area contributed by atoms with E-state index in [0.717, 1.165) is 38.7 Å². The van der Waals surface area contributed by atoms with Gasteiger partial charge in [0, 0.05) is 38.9 Å². The van der Waals surface area contributed by atoms with Crippen molar-refractivity contribution >= 4 is 11.7 Å². The van der Waals surface area contributed by atoms with E-state index >= 15 is 0 Å². The van der Waals surface area contributed by atoms with Crippen LogP contribution in [0.2, 0.25) is 0 Å². The molecule has 1 amide bonds. The molecule has 1 aromatic heterocycles. The lowest BCUT2D eigenvalue weighted by molar-refractivity contribution is 0.0342. The maximum Gasteiger partial charge on any atom is 0.253 e. The Morgan fingerprint density at radius 2 is 2.20 bits per heavy atom. The number of amides is 1. The molecule has 0 aliphatic carbocycles. The molecule has 0 saturated carbocycles. The molecule has 1 unspecified atom stereocenters. The number of hydrogen-bond donors (Lipinski definition) is 2. The van der Waals surface area contributed by atoms with Gasteiger partial charge in [0.2, 0.25) is 0 Å². The lowest BCUT2D eigenvalue weighted by Gasteiger charge is -2.29. The van der Waals surface area contributed by atoms with E-state index in [1.54, 1.807) is 25.4 Å². The Balaban J connectivity index is 1.82. The molecule has 0 spiro atoms. The third kappa shape index (κ3) is 4.18. The second kappa shape index (κ2) is 7.21. The fraction of sp³-hybridized carbons (Fsp3) is 0.571. The zero-order chi connectivity index (χ0) is 14.4. The molecule has 1 aliphatic rings. The lowest BCUT2D eigenvalue weighted by atomic mass is 10.2. The first-order valence-corrected chi connectivity index (χ1v) is 6.94. The number of nitrogens with zero attached hydrogens (tertiary/aromatic N) is 2. The van der Waals surface area contributed by atoms with Crippen molar-refractivity contribution in [2.75, 3.05) is 45.2 Å². The van der Waals surface area contributed by atoms with Crippen molar-refractivity contribution in [1.29, 1.82) is 0 Å². The van der Waals surface area contributed by atoms with Crippen LogP contribution in [-0.2, 0) is 4.74 Å². The van der Waals surface area contributed by atoms with Crippen molar-refractivity contribution < 1.29 is 9.53 Å². The average Bonchev–Trinajstić information content (AvgIpc) is 2.48. The third-order valence-corrected chi connectivity index (χ3v) is 3.30. The second-order valence-electron chi connectivity index (χ2n) is 4.97. The van der Waals surface area contributed by atoms with Gasteiger partial charge >= 0.3 is 0 Å². The van der Waals surface area contributed by atoms with Crippen LogP contribution in [-0.4, -0.2) is 61.7 Å². The maximum absolute atomic E-state index is 12.1. The SMILES string of the molecule is CNc1ccc(C(=O)NC(C)CN2CCOCC2)cn1. The molecule has 20 heavy (non-hydrogen) atoms. The van der Waals surface area contributed by atoms with Gasteiger partial charge in [-0.05, 0) is 19.1 Å². The second-order valence-corrected chi connectivity index (χ2v) is 4.97. The Morgan fingerprint density at radius 3 is 2.80 bits per heavy atom. The summed E-state index contributed by atoms with van der Waals surface area (Å²) in [5, 5.41) is 5.93. The van der Waals surface area contributed by atoms with Gasteiger partial charge in [-0.2, -0.15) is 0 Å². The highest BCUT2D eigenvalue weighted by Crippen LogP contribution is 2.05. The van der Waals surface area contributed by atoms with E-state index in [-0.39, 0.29) is 11.9 Å². The summed E-state index contributed by atoms with van der Waals surface area (Å²) in [6.45, 7) is 6.27. The number of ether oxygens (including phenoxy) is 1. The maximum atomic E-state index is 12.1. The van der Waals surface area contributed by atoms with Crippen LogP contribution in [0.15, 0.2) is 18.3 Å². The summed E-state index contributed by atoms with van der Waals surface area (Å²) in [6, 6.07) is 3.67. The smallest absolute Gasteiger partial charge is 0.253 e. The Hall–Kier alpha value is -1.66. The Morgan fingerprint density at radius 1 is 1.45 bits per heavy atom. The van der Waals surface area contributed by atoms with Gasteiger partial charge in [0.25, 0.3) is 5.91 Å². The first-order chi connectivity index (χ1) is 9.69. The standard InChI is InChI=1S/C14H22N4O2/c1-11(10-18-5-7-20-8-6-18)17-14(19)12-3-4-13(15-2)16-9-12/h3-4,9,11H,5-8,10H2,1-2H3,(H,15,16)(H,17,19). The number of anilines is 1. The first kappa shape index (κ1) is 14.7. The first-order valence-electron chi connectivity index (χ1n) is 6.94. The predicted molar refractivity (Wildman–Crippen MR) is 78.0 cm³/mol. The number of hydrogen-bond acceptors (Lipinski definition) is 5. The zero-order valence-electron chi connectivity index (χ0n) is 12.1. The molecule has 6 nitrogen and oxygen atoms in total. The molecule has 2 heterocycles. The largest absolute Gasteiger partial charge is 0.379 e. The van der Waals surface area contributed by atoms with Crippen LogP contribution in [0.4, 0.5) is 5.82 Å². The molecule has 1 fully saturated rings. The molecular weight excluding hydrogens is 256 g/mol. The van der Waals surface area contributed by atoms with Gasteiger partial charge in [0.15, 0.2) is 0 Å². The van der Waals surface area contributed by atoms with Gasteiger partial charge in [-0.25, -0.2) is 4.98 Å². The van der Waals surface area contributed by atoms with Crippen molar-refractivity contribution in [1.82, 2.24) is 15.2 Å². The monoisotopic (exact) mass is 278 g/mol. The predicted octanol–water partition coefficient (Wildman–Crippen LogP) is 0.574. The highest BCUT2D eigenvalue weighted by atomic mass is 16.5. The number of pyridine rings is 1. The topological polar surface area (TPSA) is 66.5 Å². The molecule has 2 N–H and O–H groups in total. The van der Waals surface area contributed by atoms with Crippen LogP contribution in [0.3, 0.4) is 0 Å². The van der Waals surface area contributed by atoms with Crippen LogP contribution in [0.5, 0.6) is 0 Å². The minimum atomic E-state index is -0.0825. The molecule has 6 heteroatoms. The van der Waals surface area contributed by atoms with Crippen LogP contribution >= 0.6 is 0 Å². The van der Waals surface area contributed by atoms with E-state index in [4.69, 9.17) is 4.74 Å². The number of carbonyl (C=O) groups is 1. The van der Waals surface area contributed by atoms with Crippen molar-refractivity contribution in [3.05, 3.63) is 23.9 Å². The molecule has 2 rings (SSSR count).